The summed E-state index contributed by atoms with van der Waals surface area (Å²) >= 11 is 0. The standard InChI is InChI=1S/C29H48O3/c1-7-8-9-10-11-12-13-14-15-16-17-18-19-20-29(5)21-25(30)26-24(4)27(31-6)22(2)23(3)28(26)32-29/h7-21H2,1-6H3. The summed E-state index contributed by atoms with van der Waals surface area (Å²) in [6, 6.07) is 0. The topological polar surface area (TPSA) is 35.5 Å². The van der Waals surface area contributed by atoms with E-state index in [0.717, 1.165) is 46.6 Å². The molecule has 1 aliphatic rings. The Hall–Kier alpha value is -1.51. The van der Waals surface area contributed by atoms with Crippen molar-refractivity contribution in [1.29, 1.82) is 0 Å². The number of hydrogen-bond donors (Lipinski definition) is 0. The average molecular weight is 445 g/mol. The minimum Gasteiger partial charge on any atom is -0.496 e. The molecule has 0 N–H and O–H groups in total. The van der Waals surface area contributed by atoms with Crippen LogP contribution in [0.1, 0.15) is 137 Å². The van der Waals surface area contributed by atoms with E-state index < -0.39 is 0 Å². The summed E-state index contributed by atoms with van der Waals surface area (Å²) in [6.45, 7) is 10.5. The van der Waals surface area contributed by atoms with Crippen LogP contribution in [0.4, 0.5) is 0 Å². The van der Waals surface area contributed by atoms with Crippen LogP contribution < -0.4 is 9.47 Å². The molecule has 3 heteroatoms. The van der Waals surface area contributed by atoms with E-state index in [2.05, 4.69) is 13.8 Å². The quantitative estimate of drug-likeness (QED) is 0.253. The lowest BCUT2D eigenvalue weighted by Gasteiger charge is -2.37. The number of unbranched alkanes of at least 4 members (excludes halogenated alkanes) is 12. The van der Waals surface area contributed by atoms with E-state index in [4.69, 9.17) is 9.47 Å². The maximum atomic E-state index is 13.1. The highest BCUT2D eigenvalue weighted by molar-refractivity contribution is 6.03. The number of carbonyl (C=O) groups excluding carboxylic acids is 1. The van der Waals surface area contributed by atoms with E-state index in [1.165, 1.54) is 77.0 Å². The van der Waals surface area contributed by atoms with Crippen molar-refractivity contribution >= 4 is 5.78 Å². The number of methoxy groups -OCH3 is 1. The molecular weight excluding hydrogens is 396 g/mol. The summed E-state index contributed by atoms with van der Waals surface area (Å²) in [5.41, 5.74) is 3.36. The number of rotatable bonds is 15. The Bertz CT molecular complexity index is 737. The van der Waals surface area contributed by atoms with Gasteiger partial charge >= 0.3 is 0 Å². The molecule has 0 fully saturated rings. The molecule has 32 heavy (non-hydrogen) atoms. The van der Waals surface area contributed by atoms with Gasteiger partial charge in [-0.3, -0.25) is 4.79 Å². The van der Waals surface area contributed by atoms with Crippen molar-refractivity contribution < 1.29 is 14.3 Å². The Balaban J connectivity index is 1.71. The van der Waals surface area contributed by atoms with Gasteiger partial charge in [0.2, 0.25) is 0 Å². The van der Waals surface area contributed by atoms with Gasteiger partial charge < -0.3 is 9.47 Å². The first kappa shape index (κ1) is 26.7. The highest BCUT2D eigenvalue weighted by Gasteiger charge is 2.39. The number of ketones is 1. The lowest BCUT2D eigenvalue weighted by atomic mass is 9.83. The number of fused-ring (bicyclic) bond motifs is 1. The number of benzene rings is 1. The van der Waals surface area contributed by atoms with Gasteiger partial charge in [0, 0.05) is 5.56 Å². The van der Waals surface area contributed by atoms with E-state index >= 15 is 0 Å². The summed E-state index contributed by atoms with van der Waals surface area (Å²) in [5.74, 6) is 1.80. The van der Waals surface area contributed by atoms with Crippen molar-refractivity contribution in [2.24, 2.45) is 0 Å². The largest absolute Gasteiger partial charge is 0.496 e. The molecule has 0 spiro atoms. The Morgan fingerprint density at radius 1 is 0.781 bits per heavy atom. The van der Waals surface area contributed by atoms with Crippen molar-refractivity contribution in [1.82, 2.24) is 0 Å². The number of hydrogen-bond acceptors (Lipinski definition) is 3. The van der Waals surface area contributed by atoms with Crippen LogP contribution in [-0.4, -0.2) is 18.5 Å². The molecule has 1 heterocycles. The molecule has 0 radical (unpaired) electrons. The van der Waals surface area contributed by atoms with Crippen LogP contribution in [0.3, 0.4) is 0 Å². The van der Waals surface area contributed by atoms with Crippen LogP contribution in [0.15, 0.2) is 0 Å². The minimum absolute atomic E-state index is 0.197. The third-order valence-corrected chi connectivity index (χ3v) is 7.36. The molecule has 1 aliphatic heterocycles. The first-order valence-electron chi connectivity index (χ1n) is 13.2. The van der Waals surface area contributed by atoms with Crippen LogP contribution >= 0.6 is 0 Å². The maximum absolute atomic E-state index is 13.1. The van der Waals surface area contributed by atoms with E-state index in [0.29, 0.717) is 6.42 Å². The zero-order chi connectivity index (χ0) is 23.6. The van der Waals surface area contributed by atoms with Gasteiger partial charge in [-0.25, -0.2) is 0 Å². The van der Waals surface area contributed by atoms with Crippen molar-refractivity contribution in [2.75, 3.05) is 7.11 Å². The molecule has 0 bridgehead atoms. The summed E-state index contributed by atoms with van der Waals surface area (Å²) in [5, 5.41) is 0. The van der Waals surface area contributed by atoms with Gasteiger partial charge in [-0.15, -0.1) is 0 Å². The smallest absolute Gasteiger partial charge is 0.170 e. The predicted octanol–water partition coefficient (Wildman–Crippen LogP) is 8.83. The second kappa shape index (κ2) is 13.3. The molecule has 0 saturated heterocycles. The molecule has 1 aromatic carbocycles. The van der Waals surface area contributed by atoms with Crippen molar-refractivity contribution in [2.45, 2.75) is 137 Å². The van der Waals surface area contributed by atoms with Gasteiger partial charge in [-0.05, 0) is 51.7 Å². The number of ether oxygens (including phenoxy) is 2. The fourth-order valence-electron chi connectivity index (χ4n) is 5.23. The van der Waals surface area contributed by atoms with Crippen LogP contribution in [0.5, 0.6) is 11.5 Å². The van der Waals surface area contributed by atoms with E-state index in [1.54, 1.807) is 7.11 Å². The fourth-order valence-corrected chi connectivity index (χ4v) is 5.23. The summed E-state index contributed by atoms with van der Waals surface area (Å²) in [7, 11) is 1.67. The van der Waals surface area contributed by atoms with Crippen LogP contribution in [0.2, 0.25) is 0 Å². The molecule has 2 rings (SSSR count). The van der Waals surface area contributed by atoms with Gasteiger partial charge in [-0.2, -0.15) is 0 Å². The third-order valence-electron chi connectivity index (χ3n) is 7.36. The zero-order valence-electron chi connectivity index (χ0n) is 21.8. The van der Waals surface area contributed by atoms with Gasteiger partial charge in [0.15, 0.2) is 5.78 Å². The van der Waals surface area contributed by atoms with E-state index in [9.17, 15) is 4.79 Å². The minimum atomic E-state index is -0.389. The molecule has 3 nitrogen and oxygen atoms in total. The highest BCUT2D eigenvalue weighted by Crippen LogP contribution is 2.44. The molecule has 0 saturated carbocycles. The number of carbonyl (C=O) groups is 1. The second-order valence-corrected chi connectivity index (χ2v) is 10.3. The first-order chi connectivity index (χ1) is 15.3. The van der Waals surface area contributed by atoms with Crippen molar-refractivity contribution in [3.05, 3.63) is 22.3 Å². The predicted molar refractivity (Wildman–Crippen MR) is 135 cm³/mol. The molecule has 0 amide bonds. The average Bonchev–Trinajstić information content (AvgIpc) is 2.75. The van der Waals surface area contributed by atoms with E-state index in [-0.39, 0.29) is 11.4 Å². The Morgan fingerprint density at radius 3 is 1.78 bits per heavy atom. The highest BCUT2D eigenvalue weighted by atomic mass is 16.5. The summed E-state index contributed by atoms with van der Waals surface area (Å²) in [4.78, 5) is 13.1. The SMILES string of the molecule is CCCCCCCCCCCCCCCC1(C)CC(=O)c2c(C)c(OC)c(C)c(C)c2O1. The summed E-state index contributed by atoms with van der Waals surface area (Å²) in [6.07, 6.45) is 19.0. The number of Topliss-reactive ketones (excluding diaryl/α,β-unsaturated/α-hetero) is 1. The van der Waals surface area contributed by atoms with Gasteiger partial charge in [-0.1, -0.05) is 84.0 Å². The van der Waals surface area contributed by atoms with Crippen molar-refractivity contribution in [3.63, 3.8) is 0 Å². The Morgan fingerprint density at radius 2 is 1.28 bits per heavy atom. The second-order valence-electron chi connectivity index (χ2n) is 10.3. The lowest BCUT2D eigenvalue weighted by molar-refractivity contribution is 0.0444. The first-order valence-corrected chi connectivity index (χ1v) is 13.2. The third kappa shape index (κ3) is 7.25. The van der Waals surface area contributed by atoms with Crippen LogP contribution in [-0.2, 0) is 0 Å². The molecule has 1 unspecified atom stereocenters. The van der Waals surface area contributed by atoms with Gasteiger partial charge in [0.05, 0.1) is 19.1 Å². The Kier molecular flexibility index (Phi) is 11.1. The Labute approximate surface area is 197 Å². The molecular formula is C29H48O3. The molecule has 182 valence electrons. The normalized spacial score (nSPS) is 17.9. The van der Waals surface area contributed by atoms with Gasteiger partial charge in [0.25, 0.3) is 0 Å². The zero-order valence-corrected chi connectivity index (χ0v) is 21.8. The lowest BCUT2D eigenvalue weighted by Crippen LogP contribution is -2.40. The van der Waals surface area contributed by atoms with Crippen LogP contribution in [0, 0.1) is 20.8 Å². The van der Waals surface area contributed by atoms with Gasteiger partial charge in [0.1, 0.15) is 17.1 Å². The van der Waals surface area contributed by atoms with E-state index in [1.807, 2.05) is 20.8 Å². The van der Waals surface area contributed by atoms with Crippen molar-refractivity contribution in [3.8, 4) is 11.5 Å². The van der Waals surface area contributed by atoms with Crippen LogP contribution in [0.25, 0.3) is 0 Å². The molecule has 0 aliphatic carbocycles. The fraction of sp³-hybridized carbons (Fsp3) is 0.759. The maximum Gasteiger partial charge on any atom is 0.170 e. The monoisotopic (exact) mass is 444 g/mol. The molecule has 0 aromatic heterocycles. The molecule has 1 atom stereocenters. The molecule has 1 aromatic rings. The summed E-state index contributed by atoms with van der Waals surface area (Å²) < 4.78 is 12.1.